The lowest BCUT2D eigenvalue weighted by atomic mass is 9.89. The van der Waals surface area contributed by atoms with E-state index in [0.29, 0.717) is 35.1 Å². The molecule has 36 heavy (non-hydrogen) atoms. The molecule has 2 rings (SSSR count). The standard InChI is InChI=1S/C26H30O8.2ClH/c1-5-7-9-33-25(31)21-13-17(15(3)11-19(21)23(27)28)18-14-22(26(32)34-10-8-6-2)20(24(29)30)12-16(18)4;;/h11-14H,5-10H2,1-4H3,(H,27,28)(H,29,30);2*1H. The number of carbonyl (C=O) groups excluding carboxylic acids is 2. The molecule has 0 fully saturated rings. The summed E-state index contributed by atoms with van der Waals surface area (Å²) in [5, 5.41) is 19.2. The molecule has 0 saturated heterocycles. The van der Waals surface area contributed by atoms with Gasteiger partial charge in [0.05, 0.1) is 35.5 Å². The van der Waals surface area contributed by atoms with Crippen LogP contribution in [-0.2, 0) is 9.47 Å². The summed E-state index contributed by atoms with van der Waals surface area (Å²) in [6.45, 7) is 7.56. The molecule has 0 radical (unpaired) electrons. The number of aromatic carboxylic acids is 2. The zero-order valence-corrected chi connectivity index (χ0v) is 22.3. The molecule has 0 saturated carbocycles. The van der Waals surface area contributed by atoms with Gasteiger partial charge in [-0.1, -0.05) is 26.7 Å². The number of carboxylic acid groups (broad SMARTS) is 2. The smallest absolute Gasteiger partial charge is 0.339 e. The Morgan fingerprint density at radius 1 is 0.639 bits per heavy atom. The molecule has 0 spiro atoms. The van der Waals surface area contributed by atoms with Crippen molar-refractivity contribution in [3.05, 3.63) is 57.6 Å². The van der Waals surface area contributed by atoms with Crippen LogP contribution in [0.3, 0.4) is 0 Å². The third kappa shape index (κ3) is 7.96. The van der Waals surface area contributed by atoms with E-state index in [1.54, 1.807) is 13.8 Å². The minimum atomic E-state index is -1.27. The topological polar surface area (TPSA) is 127 Å². The van der Waals surface area contributed by atoms with Crippen molar-refractivity contribution in [2.75, 3.05) is 13.2 Å². The lowest BCUT2D eigenvalue weighted by Gasteiger charge is -2.16. The maximum atomic E-state index is 12.7. The first-order valence-electron chi connectivity index (χ1n) is 11.2. The fourth-order valence-corrected chi connectivity index (χ4v) is 3.46. The number of aryl methyl sites for hydroxylation is 2. The molecule has 2 aromatic carbocycles. The fourth-order valence-electron chi connectivity index (χ4n) is 3.46. The van der Waals surface area contributed by atoms with Gasteiger partial charge in [0.1, 0.15) is 0 Å². The Morgan fingerprint density at radius 2 is 0.972 bits per heavy atom. The first kappa shape index (κ1) is 32.9. The second-order valence-electron chi connectivity index (χ2n) is 8.01. The second kappa shape index (κ2) is 15.1. The highest BCUT2D eigenvalue weighted by Gasteiger charge is 2.24. The van der Waals surface area contributed by atoms with Gasteiger partial charge in [0, 0.05) is 0 Å². The summed E-state index contributed by atoms with van der Waals surface area (Å²) in [5.74, 6) is -4.05. The summed E-state index contributed by atoms with van der Waals surface area (Å²) in [7, 11) is 0. The average molecular weight is 543 g/mol. The molecule has 0 bridgehead atoms. The number of hydrogen-bond donors (Lipinski definition) is 2. The molecular formula is C26H32Cl2O8. The largest absolute Gasteiger partial charge is 0.478 e. The van der Waals surface area contributed by atoms with Crippen LogP contribution in [0.5, 0.6) is 0 Å². The van der Waals surface area contributed by atoms with Gasteiger partial charge in [0.15, 0.2) is 0 Å². The van der Waals surface area contributed by atoms with Crippen LogP contribution in [0, 0.1) is 13.8 Å². The average Bonchev–Trinajstić information content (AvgIpc) is 2.78. The van der Waals surface area contributed by atoms with Gasteiger partial charge >= 0.3 is 23.9 Å². The summed E-state index contributed by atoms with van der Waals surface area (Å²) in [4.78, 5) is 48.9. The van der Waals surface area contributed by atoms with Gasteiger partial charge in [-0.2, -0.15) is 0 Å². The molecule has 0 aliphatic carbocycles. The maximum Gasteiger partial charge on any atom is 0.339 e. The van der Waals surface area contributed by atoms with E-state index in [0.717, 1.165) is 12.8 Å². The number of halogens is 2. The predicted octanol–water partition coefficient (Wildman–Crippen LogP) is 6.12. The number of rotatable bonds is 11. The van der Waals surface area contributed by atoms with Crippen molar-refractivity contribution >= 4 is 48.7 Å². The van der Waals surface area contributed by atoms with Crippen LogP contribution < -0.4 is 0 Å². The minimum absolute atomic E-state index is 0. The van der Waals surface area contributed by atoms with Gasteiger partial charge in [-0.15, -0.1) is 24.8 Å². The zero-order valence-electron chi connectivity index (χ0n) is 20.7. The van der Waals surface area contributed by atoms with Gasteiger partial charge in [-0.25, -0.2) is 19.2 Å². The summed E-state index contributed by atoms with van der Waals surface area (Å²) in [5.41, 5.74) is 1.45. The maximum absolute atomic E-state index is 12.7. The Labute approximate surface area is 222 Å². The highest BCUT2D eigenvalue weighted by Crippen LogP contribution is 2.32. The molecular weight excluding hydrogens is 511 g/mol. The van der Waals surface area contributed by atoms with E-state index in [1.165, 1.54) is 24.3 Å². The fraction of sp³-hybridized carbons (Fsp3) is 0.385. The SMILES string of the molecule is CCCCOC(=O)c1cc(-c2cc(C(=O)OCCCC)c(C(=O)O)cc2C)c(C)cc1C(=O)O.Cl.Cl. The molecule has 198 valence electrons. The molecule has 0 aliphatic rings. The third-order valence-electron chi connectivity index (χ3n) is 5.38. The van der Waals surface area contributed by atoms with Gasteiger partial charge in [0.25, 0.3) is 0 Å². The summed E-state index contributed by atoms with van der Waals surface area (Å²) in [6, 6.07) is 5.58. The van der Waals surface area contributed by atoms with Crippen LogP contribution in [0.2, 0.25) is 0 Å². The molecule has 10 heteroatoms. The van der Waals surface area contributed by atoms with Gasteiger partial charge in [0.2, 0.25) is 0 Å². The third-order valence-corrected chi connectivity index (χ3v) is 5.38. The molecule has 0 unspecified atom stereocenters. The first-order valence-corrected chi connectivity index (χ1v) is 11.2. The van der Waals surface area contributed by atoms with Crippen LogP contribution in [0.25, 0.3) is 11.1 Å². The van der Waals surface area contributed by atoms with E-state index in [1.807, 2.05) is 13.8 Å². The number of esters is 2. The van der Waals surface area contributed by atoms with Crippen molar-refractivity contribution in [2.45, 2.75) is 53.4 Å². The molecule has 0 aromatic heterocycles. The summed E-state index contributed by atoms with van der Waals surface area (Å²) >= 11 is 0. The number of ether oxygens (including phenoxy) is 2. The second-order valence-corrected chi connectivity index (χ2v) is 8.01. The monoisotopic (exact) mass is 542 g/mol. The van der Waals surface area contributed by atoms with Crippen LogP contribution in [0.1, 0.15) is 92.1 Å². The molecule has 0 amide bonds. The van der Waals surface area contributed by atoms with Crippen LogP contribution >= 0.6 is 24.8 Å². The Hall–Kier alpha value is -3.10. The summed E-state index contributed by atoms with van der Waals surface area (Å²) < 4.78 is 10.5. The number of carboxylic acids is 2. The van der Waals surface area contributed by atoms with Crippen molar-refractivity contribution in [3.8, 4) is 11.1 Å². The van der Waals surface area contributed by atoms with E-state index in [4.69, 9.17) is 9.47 Å². The van der Waals surface area contributed by atoms with E-state index in [-0.39, 0.29) is 60.3 Å². The molecule has 0 aliphatic heterocycles. The van der Waals surface area contributed by atoms with Crippen LogP contribution in [0.15, 0.2) is 24.3 Å². The zero-order chi connectivity index (χ0) is 25.4. The number of benzene rings is 2. The molecule has 8 nitrogen and oxygen atoms in total. The van der Waals surface area contributed by atoms with E-state index in [2.05, 4.69) is 0 Å². The van der Waals surface area contributed by atoms with Crippen molar-refractivity contribution in [1.29, 1.82) is 0 Å². The highest BCUT2D eigenvalue weighted by atomic mass is 35.5. The van der Waals surface area contributed by atoms with Crippen LogP contribution in [0.4, 0.5) is 0 Å². The quantitative estimate of drug-likeness (QED) is 0.256. The summed E-state index contributed by atoms with van der Waals surface area (Å²) in [6.07, 6.45) is 2.91. The normalized spacial score (nSPS) is 10.0. The van der Waals surface area contributed by atoms with E-state index >= 15 is 0 Å². The first-order chi connectivity index (χ1) is 16.1. The van der Waals surface area contributed by atoms with Crippen molar-refractivity contribution < 1.29 is 38.9 Å². The Kier molecular flexibility index (Phi) is 13.8. The number of hydrogen-bond acceptors (Lipinski definition) is 6. The number of carbonyl (C=O) groups is 4. The van der Waals surface area contributed by atoms with Crippen molar-refractivity contribution in [2.24, 2.45) is 0 Å². The molecule has 2 N–H and O–H groups in total. The van der Waals surface area contributed by atoms with E-state index < -0.39 is 23.9 Å². The van der Waals surface area contributed by atoms with E-state index in [9.17, 15) is 29.4 Å². The Morgan fingerprint density at radius 3 is 1.25 bits per heavy atom. The number of unbranched alkanes of at least 4 members (excludes halogenated alkanes) is 2. The van der Waals surface area contributed by atoms with Gasteiger partial charge in [-0.05, 0) is 73.2 Å². The highest BCUT2D eigenvalue weighted by molar-refractivity contribution is 6.06. The minimum Gasteiger partial charge on any atom is -0.478 e. The predicted molar refractivity (Wildman–Crippen MR) is 140 cm³/mol. The lowest BCUT2D eigenvalue weighted by molar-refractivity contribution is 0.0483. The Balaban J connectivity index is 0.00000612. The van der Waals surface area contributed by atoms with Crippen molar-refractivity contribution in [3.63, 3.8) is 0 Å². The molecule has 0 atom stereocenters. The lowest BCUT2D eigenvalue weighted by Crippen LogP contribution is -2.15. The molecule has 2 aromatic rings. The van der Waals surface area contributed by atoms with Crippen LogP contribution in [-0.4, -0.2) is 47.3 Å². The Bertz CT molecular complexity index is 1020. The molecule has 0 heterocycles. The van der Waals surface area contributed by atoms with Gasteiger partial charge in [-0.3, -0.25) is 0 Å². The van der Waals surface area contributed by atoms with Crippen molar-refractivity contribution in [1.82, 2.24) is 0 Å². The van der Waals surface area contributed by atoms with Gasteiger partial charge < -0.3 is 19.7 Å².